The molecule has 0 aromatic heterocycles. The smallest absolute Gasteiger partial charge is 0.387 e. The summed E-state index contributed by atoms with van der Waals surface area (Å²) in [4.78, 5) is 2.09. The van der Waals surface area contributed by atoms with Crippen molar-refractivity contribution in [3.63, 3.8) is 0 Å². The maximum atomic E-state index is 12.3. The first-order chi connectivity index (χ1) is 8.92. The minimum absolute atomic E-state index is 0.0737. The van der Waals surface area contributed by atoms with Crippen LogP contribution in [-0.2, 0) is 6.54 Å². The van der Waals surface area contributed by atoms with Crippen LogP contribution >= 0.6 is 15.9 Å². The molecule has 1 N–H and O–H groups in total. The molecule has 1 aromatic carbocycles. The molecule has 0 saturated carbocycles. The van der Waals surface area contributed by atoms with Crippen molar-refractivity contribution in [2.75, 3.05) is 19.7 Å². The lowest BCUT2D eigenvalue weighted by molar-refractivity contribution is -0.0537. The molecular formula is C13H16BrF2NO2. The fourth-order valence-electron chi connectivity index (χ4n) is 2.37. The van der Waals surface area contributed by atoms with Gasteiger partial charge in [-0.25, -0.2) is 0 Å². The minimum Gasteiger partial charge on any atom is -0.434 e. The standard InChI is InChI=1S/C13H16BrF2NO2/c1-13(8-18)6-17(7-13)5-9-4-10(14)2-3-11(9)19-12(15)16/h2-4,12,18H,5-8H2,1H3. The van der Waals surface area contributed by atoms with Crippen LogP contribution in [0.4, 0.5) is 8.78 Å². The Kier molecular flexibility index (Phi) is 4.43. The van der Waals surface area contributed by atoms with Crippen LogP contribution in [0.1, 0.15) is 12.5 Å². The highest BCUT2D eigenvalue weighted by Gasteiger charge is 2.38. The molecule has 0 spiro atoms. The lowest BCUT2D eigenvalue weighted by atomic mass is 9.82. The van der Waals surface area contributed by atoms with Gasteiger partial charge in [-0.2, -0.15) is 8.78 Å². The maximum absolute atomic E-state index is 12.3. The molecule has 106 valence electrons. The van der Waals surface area contributed by atoms with Crippen molar-refractivity contribution in [3.05, 3.63) is 28.2 Å². The minimum atomic E-state index is -2.82. The van der Waals surface area contributed by atoms with Crippen LogP contribution in [0, 0.1) is 5.41 Å². The Bertz CT molecular complexity index is 450. The number of hydrogen-bond donors (Lipinski definition) is 1. The van der Waals surface area contributed by atoms with Gasteiger partial charge in [0, 0.05) is 35.1 Å². The third kappa shape index (κ3) is 3.64. The van der Waals surface area contributed by atoms with Crippen molar-refractivity contribution < 1.29 is 18.6 Å². The topological polar surface area (TPSA) is 32.7 Å². The van der Waals surface area contributed by atoms with Crippen LogP contribution in [0.5, 0.6) is 5.75 Å². The Hall–Kier alpha value is -0.720. The van der Waals surface area contributed by atoms with Crippen molar-refractivity contribution in [1.82, 2.24) is 4.90 Å². The molecule has 1 heterocycles. The van der Waals surface area contributed by atoms with Gasteiger partial charge in [0.15, 0.2) is 0 Å². The zero-order valence-corrected chi connectivity index (χ0v) is 12.2. The number of hydrogen-bond acceptors (Lipinski definition) is 3. The van der Waals surface area contributed by atoms with Crippen LogP contribution in [0.3, 0.4) is 0 Å². The SMILES string of the molecule is CC1(CO)CN(Cc2cc(Br)ccc2OC(F)F)C1. The monoisotopic (exact) mass is 335 g/mol. The normalized spacial score (nSPS) is 18.4. The summed E-state index contributed by atoms with van der Waals surface area (Å²) in [6, 6.07) is 5.00. The second-order valence-corrected chi connectivity index (χ2v) is 6.16. The Morgan fingerprint density at radius 2 is 2.16 bits per heavy atom. The van der Waals surface area contributed by atoms with E-state index in [0.29, 0.717) is 6.54 Å². The van der Waals surface area contributed by atoms with Crippen LogP contribution in [0.25, 0.3) is 0 Å². The highest BCUT2D eigenvalue weighted by molar-refractivity contribution is 9.10. The predicted molar refractivity (Wildman–Crippen MR) is 71.2 cm³/mol. The van der Waals surface area contributed by atoms with Crippen LogP contribution in [0.15, 0.2) is 22.7 Å². The second-order valence-electron chi connectivity index (χ2n) is 5.24. The molecule has 0 aliphatic carbocycles. The van der Waals surface area contributed by atoms with E-state index in [-0.39, 0.29) is 17.8 Å². The molecule has 0 bridgehead atoms. The average Bonchev–Trinajstić information content (AvgIpc) is 2.30. The molecule has 0 unspecified atom stereocenters. The first-order valence-electron chi connectivity index (χ1n) is 5.98. The molecule has 0 amide bonds. The first-order valence-corrected chi connectivity index (χ1v) is 6.78. The van der Waals surface area contributed by atoms with E-state index in [4.69, 9.17) is 0 Å². The average molecular weight is 336 g/mol. The zero-order valence-electron chi connectivity index (χ0n) is 10.6. The van der Waals surface area contributed by atoms with Gasteiger partial charge in [0.05, 0.1) is 6.61 Å². The van der Waals surface area contributed by atoms with Gasteiger partial charge in [-0.1, -0.05) is 22.9 Å². The van der Waals surface area contributed by atoms with Crippen molar-refractivity contribution >= 4 is 15.9 Å². The Morgan fingerprint density at radius 1 is 1.47 bits per heavy atom. The van der Waals surface area contributed by atoms with E-state index in [2.05, 4.69) is 25.6 Å². The Morgan fingerprint density at radius 3 is 2.74 bits per heavy atom. The molecule has 0 radical (unpaired) electrons. The van der Waals surface area contributed by atoms with Gasteiger partial charge in [0.1, 0.15) is 5.75 Å². The lowest BCUT2D eigenvalue weighted by Crippen LogP contribution is -2.55. The summed E-state index contributed by atoms with van der Waals surface area (Å²) in [5.74, 6) is 0.204. The van der Waals surface area contributed by atoms with E-state index in [1.54, 1.807) is 12.1 Å². The highest BCUT2D eigenvalue weighted by Crippen LogP contribution is 2.33. The number of aliphatic hydroxyl groups is 1. The summed E-state index contributed by atoms with van der Waals surface area (Å²) in [5, 5.41) is 9.19. The number of nitrogens with zero attached hydrogens (tertiary/aromatic N) is 1. The number of rotatable bonds is 5. The van der Waals surface area contributed by atoms with E-state index in [1.807, 2.05) is 6.92 Å². The summed E-state index contributed by atoms with van der Waals surface area (Å²) in [6.45, 7) is 1.37. The highest BCUT2D eigenvalue weighted by atomic mass is 79.9. The molecular weight excluding hydrogens is 320 g/mol. The van der Waals surface area contributed by atoms with Crippen molar-refractivity contribution in [2.45, 2.75) is 20.1 Å². The van der Waals surface area contributed by atoms with E-state index in [9.17, 15) is 13.9 Å². The molecule has 2 rings (SSSR count). The van der Waals surface area contributed by atoms with E-state index < -0.39 is 6.61 Å². The number of benzene rings is 1. The van der Waals surface area contributed by atoms with E-state index >= 15 is 0 Å². The van der Waals surface area contributed by atoms with Gasteiger partial charge in [0.25, 0.3) is 0 Å². The van der Waals surface area contributed by atoms with Crippen molar-refractivity contribution in [1.29, 1.82) is 0 Å². The molecule has 19 heavy (non-hydrogen) atoms. The summed E-state index contributed by atoms with van der Waals surface area (Å²) in [6.07, 6.45) is 0. The zero-order chi connectivity index (χ0) is 14.0. The third-order valence-corrected chi connectivity index (χ3v) is 3.72. The molecule has 1 fully saturated rings. The van der Waals surface area contributed by atoms with Gasteiger partial charge in [-0.3, -0.25) is 4.90 Å². The Labute approximate surface area is 119 Å². The number of alkyl halides is 2. The van der Waals surface area contributed by atoms with Crippen molar-refractivity contribution in [3.8, 4) is 5.75 Å². The molecule has 3 nitrogen and oxygen atoms in total. The van der Waals surface area contributed by atoms with Gasteiger partial charge in [0.2, 0.25) is 0 Å². The third-order valence-electron chi connectivity index (χ3n) is 3.22. The summed E-state index contributed by atoms with van der Waals surface area (Å²) >= 11 is 3.33. The molecule has 1 aromatic rings. The molecule has 0 atom stereocenters. The second kappa shape index (κ2) is 5.73. The molecule has 1 aliphatic rings. The number of likely N-dealkylation sites (tertiary alicyclic amines) is 1. The number of ether oxygens (including phenoxy) is 1. The summed E-state index contributed by atoms with van der Waals surface area (Å²) < 4.78 is 30.0. The molecule has 1 aliphatic heterocycles. The van der Waals surface area contributed by atoms with Gasteiger partial charge in [-0.15, -0.1) is 0 Å². The lowest BCUT2D eigenvalue weighted by Gasteiger charge is -2.47. The summed E-state index contributed by atoms with van der Waals surface area (Å²) in [7, 11) is 0. The molecule has 6 heteroatoms. The quantitative estimate of drug-likeness (QED) is 0.898. The fraction of sp³-hybridized carbons (Fsp3) is 0.538. The molecule has 1 saturated heterocycles. The van der Waals surface area contributed by atoms with E-state index in [1.165, 1.54) is 6.07 Å². The first kappa shape index (κ1) is 14.7. The van der Waals surface area contributed by atoms with Gasteiger partial charge < -0.3 is 9.84 Å². The largest absolute Gasteiger partial charge is 0.434 e. The van der Waals surface area contributed by atoms with Crippen LogP contribution < -0.4 is 4.74 Å². The predicted octanol–water partition coefficient (Wildman–Crippen LogP) is 2.86. The van der Waals surface area contributed by atoms with Crippen molar-refractivity contribution in [2.24, 2.45) is 5.41 Å². The number of halogens is 3. The van der Waals surface area contributed by atoms with Crippen LogP contribution in [-0.4, -0.2) is 36.3 Å². The maximum Gasteiger partial charge on any atom is 0.387 e. The van der Waals surface area contributed by atoms with Crippen LogP contribution in [0.2, 0.25) is 0 Å². The summed E-state index contributed by atoms with van der Waals surface area (Å²) in [5.41, 5.74) is 0.644. The number of aliphatic hydroxyl groups excluding tert-OH is 1. The van der Waals surface area contributed by atoms with E-state index in [0.717, 1.165) is 23.1 Å². The Balaban J connectivity index is 2.05. The van der Waals surface area contributed by atoms with Gasteiger partial charge >= 0.3 is 6.61 Å². The van der Waals surface area contributed by atoms with Gasteiger partial charge in [-0.05, 0) is 18.2 Å². The fourth-order valence-corrected chi connectivity index (χ4v) is 2.78.